The Labute approximate surface area is 197 Å². The van der Waals surface area contributed by atoms with Gasteiger partial charge in [0.1, 0.15) is 0 Å². The van der Waals surface area contributed by atoms with Gasteiger partial charge in [0.2, 0.25) is 5.91 Å². The minimum atomic E-state index is -4.43. The number of halogens is 3. The van der Waals surface area contributed by atoms with E-state index in [1.54, 1.807) is 0 Å². The van der Waals surface area contributed by atoms with Crippen LogP contribution in [0.5, 0.6) is 0 Å². The van der Waals surface area contributed by atoms with Gasteiger partial charge < -0.3 is 14.4 Å². The maximum Gasteiger partial charge on any atom is 0.417 e. The molecule has 6 nitrogen and oxygen atoms in total. The Morgan fingerprint density at radius 1 is 1.21 bits per heavy atom. The zero-order valence-electron chi connectivity index (χ0n) is 19.4. The molecule has 0 bridgehead atoms. The van der Waals surface area contributed by atoms with Crippen molar-refractivity contribution in [3.05, 3.63) is 29.1 Å². The topological polar surface area (TPSA) is 54.9 Å². The lowest BCUT2D eigenvalue weighted by molar-refractivity contribution is -0.149. The van der Waals surface area contributed by atoms with E-state index in [9.17, 15) is 18.0 Å². The second kappa shape index (κ2) is 8.45. The predicted molar refractivity (Wildman–Crippen MR) is 117 cm³/mol. The number of alkyl halides is 3. The summed E-state index contributed by atoms with van der Waals surface area (Å²) in [7, 11) is 0. The number of amides is 1. The quantitative estimate of drug-likeness (QED) is 0.651. The highest BCUT2D eigenvalue weighted by atomic mass is 19.4. The molecule has 2 aliphatic carbocycles. The van der Waals surface area contributed by atoms with Gasteiger partial charge in [0.15, 0.2) is 0 Å². The van der Waals surface area contributed by atoms with Crippen molar-refractivity contribution >= 4 is 5.91 Å². The Hall–Kier alpha value is -1.71. The smallest absolute Gasteiger partial charge is 0.379 e. The van der Waals surface area contributed by atoms with E-state index in [-0.39, 0.29) is 24.0 Å². The summed E-state index contributed by atoms with van der Waals surface area (Å²) in [6, 6.07) is 1.90. The average molecular weight is 480 g/mol. The van der Waals surface area contributed by atoms with E-state index < -0.39 is 11.7 Å². The molecule has 3 aliphatic heterocycles. The number of rotatable bonds is 2. The van der Waals surface area contributed by atoms with Crippen LogP contribution in [-0.4, -0.2) is 71.8 Å². The first-order chi connectivity index (χ1) is 16.3. The van der Waals surface area contributed by atoms with Gasteiger partial charge in [-0.1, -0.05) is 6.42 Å². The van der Waals surface area contributed by atoms with Gasteiger partial charge >= 0.3 is 6.18 Å². The first-order valence-corrected chi connectivity index (χ1v) is 12.6. The lowest BCUT2D eigenvalue weighted by Crippen LogP contribution is -2.58. The first-order valence-electron chi connectivity index (χ1n) is 12.6. The van der Waals surface area contributed by atoms with Crippen LogP contribution in [0.2, 0.25) is 0 Å². The zero-order chi connectivity index (χ0) is 23.5. The third kappa shape index (κ3) is 3.75. The molecule has 0 radical (unpaired) electrons. The van der Waals surface area contributed by atoms with Crippen molar-refractivity contribution in [2.45, 2.75) is 75.9 Å². The van der Waals surface area contributed by atoms with Gasteiger partial charge in [0.05, 0.1) is 30.3 Å². The van der Waals surface area contributed by atoms with Crippen LogP contribution in [0, 0.1) is 11.3 Å². The van der Waals surface area contributed by atoms with Crippen LogP contribution in [-0.2, 0) is 33.4 Å². The molecule has 5 atom stereocenters. The molecule has 1 amide bonds. The lowest BCUT2D eigenvalue weighted by Gasteiger charge is -2.46. The maximum atomic E-state index is 14.0. The summed E-state index contributed by atoms with van der Waals surface area (Å²) in [4.78, 5) is 22.5. The molecule has 9 heteroatoms. The monoisotopic (exact) mass is 479 g/mol. The third-order valence-corrected chi connectivity index (χ3v) is 9.04. The van der Waals surface area contributed by atoms with Crippen LogP contribution < -0.4 is 0 Å². The Kier molecular flexibility index (Phi) is 5.65. The van der Waals surface area contributed by atoms with Crippen molar-refractivity contribution < 1.29 is 27.4 Å². The van der Waals surface area contributed by atoms with Crippen LogP contribution >= 0.6 is 0 Å². The summed E-state index contributed by atoms with van der Waals surface area (Å²) in [6.45, 7) is 3.74. The summed E-state index contributed by atoms with van der Waals surface area (Å²) in [6.07, 6.45) is 2.95. The third-order valence-electron chi connectivity index (χ3n) is 9.04. The Morgan fingerprint density at radius 3 is 2.94 bits per heavy atom. The van der Waals surface area contributed by atoms with Crippen molar-refractivity contribution in [1.29, 1.82) is 0 Å². The molecular weight excluding hydrogens is 447 g/mol. The summed E-state index contributed by atoms with van der Waals surface area (Å²) in [5.41, 5.74) is 0.0986. The maximum absolute atomic E-state index is 14.0. The van der Waals surface area contributed by atoms with E-state index in [4.69, 9.17) is 9.47 Å². The molecule has 5 unspecified atom stereocenters. The van der Waals surface area contributed by atoms with Crippen LogP contribution in [0.3, 0.4) is 0 Å². The summed E-state index contributed by atoms with van der Waals surface area (Å²) in [5.74, 6) is 0.504. The number of morpholine rings is 1. The highest BCUT2D eigenvalue weighted by Gasteiger charge is 2.58. The van der Waals surface area contributed by atoms with E-state index in [0.717, 1.165) is 57.9 Å². The number of aromatic nitrogens is 1. The fourth-order valence-electron chi connectivity index (χ4n) is 7.45. The number of hydrogen-bond acceptors (Lipinski definition) is 5. The number of carbonyl (C=O) groups excluding carboxylic acids is 1. The van der Waals surface area contributed by atoms with Crippen molar-refractivity contribution in [2.75, 3.05) is 32.9 Å². The standard InChI is InChI=1S/C25H32F3N3O3/c26-25(27,28)18-10-16-14-30(6-3-20(16)29-13-18)23(32)24-5-1-2-17(24)11-19(12-24)31-7-9-34-22-15-33-8-4-21(22)31/h10,13,17,19,21-22H,1-9,11-12,14-15H2. The number of carbonyl (C=O) groups is 1. The van der Waals surface area contributed by atoms with Gasteiger partial charge in [0.25, 0.3) is 0 Å². The van der Waals surface area contributed by atoms with Crippen LogP contribution in [0.15, 0.2) is 12.3 Å². The summed E-state index contributed by atoms with van der Waals surface area (Å²) >= 11 is 0. The molecule has 2 saturated carbocycles. The SMILES string of the molecule is O=C(N1CCc2ncc(C(F)(F)F)cc2C1)C12CCCC1CC(N1CCOC3COCCC31)C2. The fraction of sp³-hybridized carbons (Fsp3) is 0.760. The molecule has 0 N–H and O–H groups in total. The summed E-state index contributed by atoms with van der Waals surface area (Å²) in [5, 5.41) is 0. The second-order valence-corrected chi connectivity index (χ2v) is 10.7. The minimum Gasteiger partial charge on any atom is -0.379 e. The minimum absolute atomic E-state index is 0.114. The molecular formula is C25H32F3N3O3. The predicted octanol–water partition coefficient (Wildman–Crippen LogP) is 3.42. The molecule has 5 aliphatic rings. The van der Waals surface area contributed by atoms with Crippen LogP contribution in [0.1, 0.15) is 55.3 Å². The number of nitrogens with zero attached hydrogens (tertiary/aromatic N) is 3. The largest absolute Gasteiger partial charge is 0.417 e. The molecule has 4 heterocycles. The zero-order valence-corrected chi connectivity index (χ0v) is 19.4. The number of ether oxygens (including phenoxy) is 2. The van der Waals surface area contributed by atoms with Gasteiger partial charge in [-0.3, -0.25) is 14.7 Å². The lowest BCUT2D eigenvalue weighted by atomic mass is 9.78. The van der Waals surface area contributed by atoms with Crippen molar-refractivity contribution in [3.63, 3.8) is 0 Å². The Morgan fingerprint density at radius 2 is 2.09 bits per heavy atom. The van der Waals surface area contributed by atoms with E-state index in [2.05, 4.69) is 9.88 Å². The highest BCUT2D eigenvalue weighted by molar-refractivity contribution is 5.84. The molecule has 186 valence electrons. The van der Waals surface area contributed by atoms with Crippen molar-refractivity contribution in [3.8, 4) is 0 Å². The average Bonchev–Trinajstić information content (AvgIpc) is 3.40. The van der Waals surface area contributed by atoms with E-state index in [1.807, 2.05) is 4.90 Å². The van der Waals surface area contributed by atoms with Crippen LogP contribution in [0.4, 0.5) is 13.2 Å². The molecule has 0 aromatic carbocycles. The molecule has 0 spiro atoms. The van der Waals surface area contributed by atoms with Gasteiger partial charge in [-0.05, 0) is 49.7 Å². The van der Waals surface area contributed by atoms with Gasteiger partial charge in [-0.15, -0.1) is 0 Å². The van der Waals surface area contributed by atoms with Crippen molar-refractivity contribution in [2.24, 2.45) is 11.3 Å². The van der Waals surface area contributed by atoms with E-state index in [1.165, 1.54) is 6.07 Å². The van der Waals surface area contributed by atoms with Crippen LogP contribution in [0.25, 0.3) is 0 Å². The molecule has 1 aromatic heterocycles. The van der Waals surface area contributed by atoms with Crippen molar-refractivity contribution in [1.82, 2.24) is 14.8 Å². The molecule has 4 fully saturated rings. The fourth-order valence-corrected chi connectivity index (χ4v) is 7.45. The Balaban J connectivity index is 1.21. The van der Waals surface area contributed by atoms with Gasteiger partial charge in [-0.2, -0.15) is 13.2 Å². The number of pyridine rings is 1. The second-order valence-electron chi connectivity index (χ2n) is 10.7. The van der Waals surface area contributed by atoms with Gasteiger partial charge in [-0.25, -0.2) is 0 Å². The summed E-state index contributed by atoms with van der Waals surface area (Å²) < 4.78 is 51.3. The van der Waals surface area contributed by atoms with E-state index >= 15 is 0 Å². The number of hydrogen-bond donors (Lipinski definition) is 0. The highest BCUT2D eigenvalue weighted by Crippen LogP contribution is 2.57. The van der Waals surface area contributed by atoms with Gasteiger partial charge in [0, 0.05) is 56.6 Å². The molecule has 34 heavy (non-hydrogen) atoms. The molecule has 1 aromatic rings. The molecule has 2 saturated heterocycles. The molecule has 6 rings (SSSR count). The normalized spacial score (nSPS) is 36.1. The first kappa shape index (κ1) is 22.7. The Bertz CT molecular complexity index is 955. The number of fused-ring (bicyclic) bond motifs is 3. The van der Waals surface area contributed by atoms with E-state index in [0.29, 0.717) is 55.4 Å².